The van der Waals surface area contributed by atoms with E-state index in [4.69, 9.17) is 9.26 Å². The van der Waals surface area contributed by atoms with E-state index in [-0.39, 0.29) is 18.2 Å². The molecule has 1 saturated carbocycles. The van der Waals surface area contributed by atoms with Crippen molar-refractivity contribution < 1.29 is 18.8 Å². The minimum Gasteiger partial charge on any atom is -0.485 e. The van der Waals surface area contributed by atoms with Gasteiger partial charge in [-0.2, -0.15) is 10.2 Å². The quantitative estimate of drug-likeness (QED) is 0.578. The normalized spacial score (nSPS) is 15.4. The summed E-state index contributed by atoms with van der Waals surface area (Å²) in [4.78, 5) is 29.0. The van der Waals surface area contributed by atoms with Crippen LogP contribution in [0.5, 0.6) is 5.75 Å². The van der Waals surface area contributed by atoms with Gasteiger partial charge in [0.1, 0.15) is 5.75 Å². The lowest BCUT2D eigenvalue weighted by Gasteiger charge is -2.23. The van der Waals surface area contributed by atoms with Crippen molar-refractivity contribution in [3.05, 3.63) is 41.5 Å². The number of hydrogen-bond acceptors (Lipinski definition) is 7. The van der Waals surface area contributed by atoms with Gasteiger partial charge in [0.05, 0.1) is 6.07 Å². The van der Waals surface area contributed by atoms with Crippen molar-refractivity contribution in [1.82, 2.24) is 15.5 Å². The van der Waals surface area contributed by atoms with Crippen molar-refractivity contribution in [3.63, 3.8) is 0 Å². The van der Waals surface area contributed by atoms with Gasteiger partial charge in [-0.05, 0) is 37.1 Å². The lowest BCUT2D eigenvalue weighted by Crippen LogP contribution is -2.42. The first kappa shape index (κ1) is 19.5. The molecule has 0 aliphatic heterocycles. The van der Waals surface area contributed by atoms with E-state index >= 15 is 0 Å². The van der Waals surface area contributed by atoms with Crippen molar-refractivity contribution in [2.24, 2.45) is 5.92 Å². The van der Waals surface area contributed by atoms with Crippen LogP contribution in [0.25, 0.3) is 0 Å². The van der Waals surface area contributed by atoms with E-state index in [2.05, 4.69) is 15.5 Å². The second kappa shape index (κ2) is 9.13. The molecule has 1 atom stereocenters. The third kappa shape index (κ3) is 4.94. The minimum atomic E-state index is -1.35. The highest BCUT2D eigenvalue weighted by Gasteiger charge is 2.29. The van der Waals surface area contributed by atoms with Gasteiger partial charge in [0.15, 0.2) is 18.3 Å². The Morgan fingerprint density at radius 2 is 2.00 bits per heavy atom. The molecule has 0 saturated heterocycles. The highest BCUT2D eigenvalue weighted by atomic mass is 16.5. The highest BCUT2D eigenvalue weighted by Crippen LogP contribution is 2.19. The molecular weight excluding hydrogens is 360 g/mol. The first-order valence-electron chi connectivity index (χ1n) is 9.33. The predicted molar refractivity (Wildman–Crippen MR) is 98.3 cm³/mol. The summed E-state index contributed by atoms with van der Waals surface area (Å²) in [5, 5.41) is 15.9. The molecule has 28 heavy (non-hydrogen) atoms. The topological polar surface area (TPSA) is 118 Å². The number of benzene rings is 1. The molecule has 1 aromatic carbocycles. The van der Waals surface area contributed by atoms with Crippen molar-refractivity contribution in [3.8, 4) is 11.8 Å². The molecule has 0 radical (unpaired) electrons. The molecule has 8 heteroatoms. The fourth-order valence-electron chi connectivity index (χ4n) is 3.20. The SMILES string of the molecule is Cc1nc(COc2ccc(C(=O)C(C#N)C(=O)NC3CCCCC3)cc2)no1. The van der Waals surface area contributed by atoms with E-state index in [1.807, 2.05) is 6.07 Å². The Bertz CT molecular complexity index is 863. The summed E-state index contributed by atoms with van der Waals surface area (Å²) < 4.78 is 10.4. The number of rotatable bonds is 7. The average molecular weight is 382 g/mol. The molecule has 8 nitrogen and oxygen atoms in total. The summed E-state index contributed by atoms with van der Waals surface area (Å²) in [6.45, 7) is 1.82. The monoisotopic (exact) mass is 382 g/mol. The van der Waals surface area contributed by atoms with Gasteiger partial charge >= 0.3 is 0 Å². The van der Waals surface area contributed by atoms with Crippen LogP contribution >= 0.6 is 0 Å². The Morgan fingerprint density at radius 1 is 1.29 bits per heavy atom. The molecule has 2 aromatic rings. The number of carbonyl (C=O) groups is 2. The molecule has 0 bridgehead atoms. The molecule has 1 aliphatic carbocycles. The first-order valence-corrected chi connectivity index (χ1v) is 9.33. The van der Waals surface area contributed by atoms with Gasteiger partial charge in [-0.3, -0.25) is 9.59 Å². The second-order valence-electron chi connectivity index (χ2n) is 6.81. The van der Waals surface area contributed by atoms with Gasteiger partial charge in [-0.15, -0.1) is 0 Å². The summed E-state index contributed by atoms with van der Waals surface area (Å²) in [6.07, 6.45) is 5.06. The number of aryl methyl sites for hydroxylation is 1. The number of hydrogen-bond donors (Lipinski definition) is 1. The van der Waals surface area contributed by atoms with Crippen LogP contribution in [0, 0.1) is 24.2 Å². The number of Topliss-reactive ketones (excluding diaryl/α,β-unsaturated/α-hetero) is 1. The number of carbonyl (C=O) groups excluding carboxylic acids is 2. The van der Waals surface area contributed by atoms with E-state index in [0.717, 1.165) is 32.1 Å². The van der Waals surface area contributed by atoms with E-state index in [0.29, 0.717) is 17.5 Å². The first-order chi connectivity index (χ1) is 13.6. The maximum atomic E-state index is 12.6. The minimum absolute atomic E-state index is 0.0504. The number of nitriles is 1. The van der Waals surface area contributed by atoms with Crippen LogP contribution in [0.1, 0.15) is 54.2 Å². The van der Waals surface area contributed by atoms with Crippen molar-refractivity contribution in [2.45, 2.75) is 51.7 Å². The number of ketones is 1. The zero-order valence-electron chi connectivity index (χ0n) is 15.7. The fraction of sp³-hybridized carbons (Fsp3) is 0.450. The van der Waals surface area contributed by atoms with Crippen LogP contribution in [0.3, 0.4) is 0 Å². The molecule has 1 amide bonds. The Morgan fingerprint density at radius 3 is 2.61 bits per heavy atom. The van der Waals surface area contributed by atoms with Gasteiger partial charge in [0.25, 0.3) is 0 Å². The van der Waals surface area contributed by atoms with Gasteiger partial charge in [-0.1, -0.05) is 24.4 Å². The molecule has 1 N–H and O–H groups in total. The van der Waals surface area contributed by atoms with Gasteiger partial charge in [0.2, 0.25) is 17.6 Å². The lowest BCUT2D eigenvalue weighted by atomic mass is 9.93. The van der Waals surface area contributed by atoms with E-state index in [1.165, 1.54) is 12.1 Å². The van der Waals surface area contributed by atoms with Crippen molar-refractivity contribution in [2.75, 3.05) is 0 Å². The summed E-state index contributed by atoms with van der Waals surface area (Å²) >= 11 is 0. The number of ether oxygens (including phenoxy) is 1. The summed E-state index contributed by atoms with van der Waals surface area (Å²) in [6, 6.07) is 8.17. The van der Waals surface area contributed by atoms with Crippen LogP contribution in [-0.2, 0) is 11.4 Å². The summed E-state index contributed by atoms with van der Waals surface area (Å²) in [7, 11) is 0. The molecule has 3 rings (SSSR count). The second-order valence-corrected chi connectivity index (χ2v) is 6.81. The molecule has 1 heterocycles. The molecular formula is C20H22N4O4. The van der Waals surface area contributed by atoms with Gasteiger partial charge in [-0.25, -0.2) is 0 Å². The zero-order chi connectivity index (χ0) is 19.9. The third-order valence-electron chi connectivity index (χ3n) is 4.68. The molecule has 1 aromatic heterocycles. The molecule has 1 unspecified atom stereocenters. The molecule has 146 valence electrons. The number of nitrogens with zero attached hydrogens (tertiary/aromatic N) is 3. The molecule has 1 aliphatic rings. The maximum Gasteiger partial charge on any atom is 0.245 e. The van der Waals surface area contributed by atoms with E-state index < -0.39 is 17.6 Å². The summed E-state index contributed by atoms with van der Waals surface area (Å²) in [5.74, 6) is -1.01. The Labute approximate surface area is 162 Å². The third-order valence-corrected chi connectivity index (χ3v) is 4.68. The van der Waals surface area contributed by atoms with Gasteiger partial charge < -0.3 is 14.6 Å². The lowest BCUT2D eigenvalue weighted by molar-refractivity contribution is -0.123. The van der Waals surface area contributed by atoms with Gasteiger partial charge in [0, 0.05) is 18.5 Å². The Hall–Kier alpha value is -3.21. The predicted octanol–water partition coefficient (Wildman–Crippen LogP) is 2.73. The highest BCUT2D eigenvalue weighted by molar-refractivity contribution is 6.12. The van der Waals surface area contributed by atoms with Crippen molar-refractivity contribution >= 4 is 11.7 Å². The van der Waals surface area contributed by atoms with Crippen LogP contribution in [0.15, 0.2) is 28.8 Å². The van der Waals surface area contributed by atoms with Crippen LogP contribution in [0.4, 0.5) is 0 Å². The smallest absolute Gasteiger partial charge is 0.245 e. The fourth-order valence-corrected chi connectivity index (χ4v) is 3.20. The van der Waals surface area contributed by atoms with Crippen LogP contribution < -0.4 is 10.1 Å². The molecule has 0 spiro atoms. The van der Waals surface area contributed by atoms with E-state index in [1.54, 1.807) is 19.1 Å². The maximum absolute atomic E-state index is 12.6. The summed E-state index contributed by atoms with van der Waals surface area (Å²) in [5.41, 5.74) is 0.285. The van der Waals surface area contributed by atoms with Crippen molar-refractivity contribution in [1.29, 1.82) is 5.26 Å². The number of aromatic nitrogens is 2. The van der Waals surface area contributed by atoms with Crippen LogP contribution in [-0.4, -0.2) is 27.9 Å². The average Bonchev–Trinajstić information content (AvgIpc) is 3.13. The largest absolute Gasteiger partial charge is 0.485 e. The van der Waals surface area contributed by atoms with Crippen LogP contribution in [0.2, 0.25) is 0 Å². The Balaban J connectivity index is 1.58. The zero-order valence-corrected chi connectivity index (χ0v) is 15.7. The Kier molecular flexibility index (Phi) is 6.37. The standard InChI is InChI=1S/C20H22N4O4/c1-13-22-18(24-28-13)12-27-16-9-7-14(8-10-16)19(25)17(11-21)20(26)23-15-5-3-2-4-6-15/h7-10,15,17H,2-6,12H2,1H3,(H,23,26). The van der Waals surface area contributed by atoms with E-state index in [9.17, 15) is 14.9 Å². The molecule has 1 fully saturated rings. The number of nitrogens with one attached hydrogen (secondary N) is 1. The number of amides is 1.